The number of halogens is 6. The molecule has 200 valence electrons. The Morgan fingerprint density at radius 3 is 2.06 bits per heavy atom. The minimum atomic E-state index is -5.08. The van der Waals surface area contributed by atoms with Crippen LogP contribution in [0.3, 0.4) is 0 Å². The van der Waals surface area contributed by atoms with E-state index in [1.165, 1.54) is 31.4 Å². The molecule has 0 amide bonds. The lowest BCUT2D eigenvalue weighted by molar-refractivity contribution is -0.193. The largest absolute Gasteiger partial charge is 0.490 e. The second-order valence-electron chi connectivity index (χ2n) is 7.87. The standard InChI is InChI=1S/C17H22N4O.2C2HF3O2/c1-2-6-14(5-1)20-11-15-8-10-19-21(15)16(12-20)13-22-17-7-3-4-9-18-17;2*3-2(4,5)1(6)7/h3-4,7-10,14,16H,1-2,5-6,11-13H2;2*(H,6,7). The second-order valence-corrected chi connectivity index (χ2v) is 7.87. The minimum absolute atomic E-state index is 0.265. The summed E-state index contributed by atoms with van der Waals surface area (Å²) in [6.07, 6.45) is -1.09. The Bertz CT molecular complexity index is 953. The topological polar surface area (TPSA) is 118 Å². The predicted molar refractivity (Wildman–Crippen MR) is 111 cm³/mol. The van der Waals surface area contributed by atoms with Crippen LogP contribution >= 0.6 is 0 Å². The number of fused-ring (bicyclic) bond motifs is 1. The van der Waals surface area contributed by atoms with Crippen LogP contribution in [0.1, 0.15) is 37.4 Å². The highest BCUT2D eigenvalue weighted by molar-refractivity contribution is 5.73. The average molecular weight is 526 g/mol. The molecule has 2 aromatic heterocycles. The van der Waals surface area contributed by atoms with Gasteiger partial charge >= 0.3 is 24.3 Å². The molecule has 0 spiro atoms. The molecule has 3 heterocycles. The van der Waals surface area contributed by atoms with Gasteiger partial charge in [-0.2, -0.15) is 31.4 Å². The van der Waals surface area contributed by atoms with Crippen LogP contribution in [0.25, 0.3) is 0 Å². The highest BCUT2D eigenvalue weighted by atomic mass is 19.4. The van der Waals surface area contributed by atoms with Gasteiger partial charge < -0.3 is 14.9 Å². The number of rotatable bonds is 4. The van der Waals surface area contributed by atoms with E-state index in [1.54, 1.807) is 6.20 Å². The number of aliphatic carboxylic acids is 2. The molecule has 1 fully saturated rings. The van der Waals surface area contributed by atoms with Gasteiger partial charge in [-0.3, -0.25) is 9.58 Å². The van der Waals surface area contributed by atoms with Crippen LogP contribution in [0.4, 0.5) is 26.3 Å². The van der Waals surface area contributed by atoms with Crippen LogP contribution in [0, 0.1) is 0 Å². The van der Waals surface area contributed by atoms with Gasteiger partial charge in [0.05, 0.1) is 11.7 Å². The van der Waals surface area contributed by atoms with Gasteiger partial charge in [-0.15, -0.1) is 0 Å². The second kappa shape index (κ2) is 12.6. The Balaban J connectivity index is 0.000000271. The first-order valence-corrected chi connectivity index (χ1v) is 10.7. The quantitative estimate of drug-likeness (QED) is 0.576. The molecular formula is C21H24F6N4O5. The number of carboxylic acid groups (broad SMARTS) is 2. The number of ether oxygens (including phenoxy) is 1. The van der Waals surface area contributed by atoms with E-state index in [0.29, 0.717) is 12.5 Å². The molecule has 2 N–H and O–H groups in total. The van der Waals surface area contributed by atoms with E-state index in [4.69, 9.17) is 24.5 Å². The Labute approximate surface area is 201 Å². The number of aromatic nitrogens is 3. The zero-order chi connectivity index (χ0) is 26.9. The lowest BCUT2D eigenvalue weighted by Crippen LogP contribution is -2.44. The summed E-state index contributed by atoms with van der Waals surface area (Å²) >= 11 is 0. The summed E-state index contributed by atoms with van der Waals surface area (Å²) in [7, 11) is 0. The third kappa shape index (κ3) is 9.02. The zero-order valence-corrected chi connectivity index (χ0v) is 18.7. The van der Waals surface area contributed by atoms with Gasteiger partial charge in [0.25, 0.3) is 0 Å². The molecule has 9 nitrogen and oxygen atoms in total. The van der Waals surface area contributed by atoms with Crippen molar-refractivity contribution in [2.75, 3.05) is 13.2 Å². The summed E-state index contributed by atoms with van der Waals surface area (Å²) in [6, 6.07) is 8.90. The fourth-order valence-electron chi connectivity index (χ4n) is 3.70. The monoisotopic (exact) mass is 526 g/mol. The van der Waals surface area contributed by atoms with Crippen molar-refractivity contribution in [2.24, 2.45) is 0 Å². The zero-order valence-electron chi connectivity index (χ0n) is 18.7. The van der Waals surface area contributed by atoms with Crippen molar-refractivity contribution < 1.29 is 50.9 Å². The molecule has 1 unspecified atom stereocenters. The Morgan fingerprint density at radius 1 is 0.972 bits per heavy atom. The van der Waals surface area contributed by atoms with Gasteiger partial charge in [0, 0.05) is 37.6 Å². The molecule has 1 atom stereocenters. The molecule has 2 aromatic rings. The molecule has 1 saturated carbocycles. The smallest absolute Gasteiger partial charge is 0.475 e. The van der Waals surface area contributed by atoms with Crippen molar-refractivity contribution in [2.45, 2.75) is 56.7 Å². The van der Waals surface area contributed by atoms with Crippen molar-refractivity contribution in [1.29, 1.82) is 0 Å². The van der Waals surface area contributed by atoms with Crippen LogP contribution in [-0.2, 0) is 16.1 Å². The number of nitrogens with zero attached hydrogens (tertiary/aromatic N) is 4. The van der Waals surface area contributed by atoms with Gasteiger partial charge in [0.2, 0.25) is 5.88 Å². The molecule has 0 aromatic carbocycles. The maximum Gasteiger partial charge on any atom is 0.490 e. The summed E-state index contributed by atoms with van der Waals surface area (Å²) in [6.45, 7) is 2.66. The van der Waals surface area contributed by atoms with E-state index >= 15 is 0 Å². The number of alkyl halides is 6. The van der Waals surface area contributed by atoms with Crippen molar-refractivity contribution in [1.82, 2.24) is 19.7 Å². The summed E-state index contributed by atoms with van der Waals surface area (Å²) < 4.78 is 71.5. The van der Waals surface area contributed by atoms with Crippen LogP contribution < -0.4 is 4.74 Å². The fourth-order valence-corrected chi connectivity index (χ4v) is 3.70. The summed E-state index contributed by atoms with van der Waals surface area (Å²) in [5.41, 5.74) is 1.30. The van der Waals surface area contributed by atoms with E-state index in [1.807, 2.05) is 24.4 Å². The highest BCUT2D eigenvalue weighted by Gasteiger charge is 2.39. The molecule has 4 rings (SSSR count). The summed E-state index contributed by atoms with van der Waals surface area (Å²) in [4.78, 5) is 24.7. The van der Waals surface area contributed by atoms with Crippen LogP contribution in [0.15, 0.2) is 36.7 Å². The Kier molecular flexibility index (Phi) is 10.1. The van der Waals surface area contributed by atoms with Crippen LogP contribution in [0.2, 0.25) is 0 Å². The van der Waals surface area contributed by atoms with Crippen LogP contribution in [0.5, 0.6) is 5.88 Å². The minimum Gasteiger partial charge on any atom is -0.475 e. The highest BCUT2D eigenvalue weighted by Crippen LogP contribution is 2.30. The molecule has 0 bridgehead atoms. The lowest BCUT2D eigenvalue weighted by atomic mass is 10.1. The Morgan fingerprint density at radius 2 is 1.56 bits per heavy atom. The van der Waals surface area contributed by atoms with E-state index in [0.717, 1.165) is 19.1 Å². The van der Waals surface area contributed by atoms with E-state index < -0.39 is 24.3 Å². The first kappa shape index (κ1) is 28.9. The summed E-state index contributed by atoms with van der Waals surface area (Å²) in [5.74, 6) is -4.82. The van der Waals surface area contributed by atoms with Crippen molar-refractivity contribution >= 4 is 11.9 Å². The average Bonchev–Trinajstić information content (AvgIpc) is 3.50. The number of carbonyl (C=O) groups is 2. The van der Waals surface area contributed by atoms with Gasteiger partial charge in [0.15, 0.2) is 0 Å². The summed E-state index contributed by atoms with van der Waals surface area (Å²) in [5, 5.41) is 18.8. The van der Waals surface area contributed by atoms with Gasteiger partial charge in [-0.25, -0.2) is 14.6 Å². The molecule has 1 aliphatic heterocycles. The van der Waals surface area contributed by atoms with Crippen molar-refractivity contribution in [3.63, 3.8) is 0 Å². The van der Waals surface area contributed by atoms with Gasteiger partial charge in [-0.05, 0) is 25.0 Å². The molecule has 36 heavy (non-hydrogen) atoms. The van der Waals surface area contributed by atoms with Gasteiger partial charge in [-0.1, -0.05) is 18.9 Å². The lowest BCUT2D eigenvalue weighted by Gasteiger charge is -2.37. The first-order chi connectivity index (χ1) is 16.8. The number of hydrogen-bond acceptors (Lipinski definition) is 6. The predicted octanol–water partition coefficient (Wildman–Crippen LogP) is 3.92. The molecule has 15 heteroatoms. The molecule has 2 aliphatic rings. The number of pyridine rings is 1. The maximum atomic E-state index is 10.6. The number of hydrogen-bond donors (Lipinski definition) is 2. The SMILES string of the molecule is O=C(O)C(F)(F)F.O=C(O)C(F)(F)F.c1ccc(OCC2CN(C3CCCC3)Cc3ccnn32)nc1. The molecule has 1 aliphatic carbocycles. The van der Waals surface area contributed by atoms with E-state index in [2.05, 4.69) is 25.7 Å². The van der Waals surface area contributed by atoms with Crippen molar-refractivity contribution in [3.8, 4) is 5.88 Å². The van der Waals surface area contributed by atoms with Crippen LogP contribution in [-0.4, -0.2) is 73.4 Å². The van der Waals surface area contributed by atoms with Gasteiger partial charge in [0.1, 0.15) is 6.61 Å². The first-order valence-electron chi connectivity index (χ1n) is 10.7. The third-order valence-electron chi connectivity index (χ3n) is 5.30. The van der Waals surface area contributed by atoms with E-state index in [9.17, 15) is 26.3 Å². The normalized spacial score (nSPS) is 18.2. The maximum absolute atomic E-state index is 10.6. The number of carboxylic acids is 2. The van der Waals surface area contributed by atoms with E-state index in [-0.39, 0.29) is 6.04 Å². The molecule has 0 saturated heterocycles. The third-order valence-corrected chi connectivity index (χ3v) is 5.30. The molecular weight excluding hydrogens is 502 g/mol. The molecule has 0 radical (unpaired) electrons. The van der Waals surface area contributed by atoms with Crippen molar-refractivity contribution in [3.05, 3.63) is 42.4 Å². The fraction of sp³-hybridized carbons (Fsp3) is 0.524. The Hall–Kier alpha value is -3.36.